The summed E-state index contributed by atoms with van der Waals surface area (Å²) in [4.78, 5) is 11.8. The zero-order valence-corrected chi connectivity index (χ0v) is 11.0. The summed E-state index contributed by atoms with van der Waals surface area (Å²) in [6.45, 7) is 0.461. The van der Waals surface area contributed by atoms with Gasteiger partial charge < -0.3 is 5.32 Å². The van der Waals surface area contributed by atoms with Crippen LogP contribution in [0.15, 0.2) is 48.5 Å². The van der Waals surface area contributed by atoms with Gasteiger partial charge in [-0.1, -0.05) is 41.4 Å². The number of carbonyl (C=O) groups is 1. The number of amides is 1. The van der Waals surface area contributed by atoms with Crippen molar-refractivity contribution in [1.29, 1.82) is 0 Å². The van der Waals surface area contributed by atoms with E-state index in [0.717, 1.165) is 5.56 Å². The van der Waals surface area contributed by atoms with E-state index >= 15 is 0 Å². The lowest BCUT2D eigenvalue weighted by Crippen LogP contribution is -2.22. The summed E-state index contributed by atoms with van der Waals surface area (Å²) in [6, 6.07) is 14.2. The Labute approximate surface area is 116 Å². The van der Waals surface area contributed by atoms with Gasteiger partial charge in [0.05, 0.1) is 0 Å². The van der Waals surface area contributed by atoms with Crippen LogP contribution in [0.5, 0.6) is 0 Å². The van der Waals surface area contributed by atoms with Gasteiger partial charge >= 0.3 is 0 Å². The molecule has 2 nitrogen and oxygen atoms in total. The number of nitrogens with one attached hydrogen (secondary N) is 1. The number of carbonyl (C=O) groups excluding carboxylic acids is 1. The molecule has 0 atom stereocenters. The highest BCUT2D eigenvalue weighted by molar-refractivity contribution is 6.31. The Hall–Kier alpha value is -1.51. The van der Waals surface area contributed by atoms with E-state index < -0.39 is 0 Å². The van der Waals surface area contributed by atoms with Gasteiger partial charge in [0, 0.05) is 22.2 Å². The van der Waals surface area contributed by atoms with Crippen LogP contribution in [-0.2, 0) is 6.54 Å². The van der Waals surface area contributed by atoms with Gasteiger partial charge in [-0.3, -0.25) is 4.79 Å². The predicted molar refractivity (Wildman–Crippen MR) is 74.1 cm³/mol. The van der Waals surface area contributed by atoms with Crippen LogP contribution in [0, 0.1) is 0 Å². The average Bonchev–Trinajstić information content (AvgIpc) is 2.38. The number of hydrogen-bond acceptors (Lipinski definition) is 1. The Balaban J connectivity index is 1.98. The molecule has 0 radical (unpaired) electrons. The second kappa shape index (κ2) is 5.89. The van der Waals surface area contributed by atoms with E-state index in [2.05, 4.69) is 5.32 Å². The van der Waals surface area contributed by atoms with E-state index in [1.165, 1.54) is 0 Å². The molecule has 0 saturated heterocycles. The van der Waals surface area contributed by atoms with Crippen molar-refractivity contribution in [2.24, 2.45) is 0 Å². The smallest absolute Gasteiger partial charge is 0.251 e. The molecule has 0 fully saturated rings. The highest BCUT2D eigenvalue weighted by Crippen LogP contribution is 2.11. The first kappa shape index (κ1) is 12.9. The quantitative estimate of drug-likeness (QED) is 0.907. The van der Waals surface area contributed by atoms with E-state index in [0.29, 0.717) is 22.2 Å². The number of benzene rings is 2. The summed E-state index contributed by atoms with van der Waals surface area (Å²) in [7, 11) is 0. The third-order valence-electron chi connectivity index (χ3n) is 2.45. The molecule has 1 N–H and O–H groups in total. The molecule has 1 amide bonds. The fourth-order valence-electron chi connectivity index (χ4n) is 1.52. The normalized spacial score (nSPS) is 10.1. The molecule has 0 saturated carbocycles. The van der Waals surface area contributed by atoms with Crippen molar-refractivity contribution >= 4 is 29.1 Å². The molecule has 4 heteroatoms. The van der Waals surface area contributed by atoms with Gasteiger partial charge in [0.2, 0.25) is 0 Å². The fraction of sp³-hybridized carbons (Fsp3) is 0.0714. The summed E-state index contributed by atoms with van der Waals surface area (Å²) in [5, 5.41) is 4.05. The van der Waals surface area contributed by atoms with Crippen molar-refractivity contribution in [3.8, 4) is 0 Å². The van der Waals surface area contributed by atoms with E-state index in [9.17, 15) is 4.79 Å². The van der Waals surface area contributed by atoms with Crippen LogP contribution in [0.2, 0.25) is 10.0 Å². The lowest BCUT2D eigenvalue weighted by atomic mass is 10.2. The molecule has 0 aliphatic rings. The summed E-state index contributed by atoms with van der Waals surface area (Å²) in [5.41, 5.74) is 1.55. The minimum atomic E-state index is -0.146. The first-order valence-electron chi connectivity index (χ1n) is 5.43. The third-order valence-corrected chi connectivity index (χ3v) is 2.94. The topological polar surface area (TPSA) is 29.1 Å². The van der Waals surface area contributed by atoms with E-state index in [4.69, 9.17) is 23.2 Å². The SMILES string of the molecule is O=C(NCc1ccc(Cl)cc1)c1cccc(Cl)c1. The molecule has 2 rings (SSSR count). The molecule has 18 heavy (non-hydrogen) atoms. The van der Waals surface area contributed by atoms with Gasteiger partial charge in [0.25, 0.3) is 5.91 Å². The van der Waals surface area contributed by atoms with Crippen LogP contribution in [0.3, 0.4) is 0 Å². The zero-order chi connectivity index (χ0) is 13.0. The summed E-state index contributed by atoms with van der Waals surface area (Å²) < 4.78 is 0. The maximum absolute atomic E-state index is 11.8. The van der Waals surface area contributed by atoms with Gasteiger partial charge in [-0.15, -0.1) is 0 Å². The van der Waals surface area contributed by atoms with Crippen molar-refractivity contribution in [3.05, 3.63) is 69.7 Å². The summed E-state index contributed by atoms with van der Waals surface area (Å²) in [5.74, 6) is -0.146. The first-order valence-corrected chi connectivity index (χ1v) is 6.19. The molecule has 0 unspecified atom stereocenters. The molecule has 0 aliphatic carbocycles. The molecule has 92 valence electrons. The Morgan fingerprint density at radius 1 is 1.00 bits per heavy atom. The Morgan fingerprint density at radius 2 is 1.72 bits per heavy atom. The molecule has 0 bridgehead atoms. The number of halogens is 2. The molecule has 2 aromatic carbocycles. The van der Waals surface area contributed by atoms with Crippen LogP contribution < -0.4 is 5.32 Å². The van der Waals surface area contributed by atoms with E-state index in [1.54, 1.807) is 36.4 Å². The van der Waals surface area contributed by atoms with Gasteiger partial charge in [-0.25, -0.2) is 0 Å². The highest BCUT2D eigenvalue weighted by Gasteiger charge is 2.05. The second-order valence-corrected chi connectivity index (χ2v) is 4.69. The zero-order valence-electron chi connectivity index (χ0n) is 9.49. The molecule has 0 spiro atoms. The van der Waals surface area contributed by atoms with Gasteiger partial charge in [-0.05, 0) is 35.9 Å². The highest BCUT2D eigenvalue weighted by atomic mass is 35.5. The van der Waals surface area contributed by atoms with Crippen molar-refractivity contribution in [2.45, 2.75) is 6.54 Å². The predicted octanol–water partition coefficient (Wildman–Crippen LogP) is 3.92. The first-order chi connectivity index (χ1) is 8.65. The fourth-order valence-corrected chi connectivity index (χ4v) is 1.83. The van der Waals surface area contributed by atoms with Crippen molar-refractivity contribution in [3.63, 3.8) is 0 Å². The van der Waals surface area contributed by atoms with E-state index in [-0.39, 0.29) is 5.91 Å². The van der Waals surface area contributed by atoms with E-state index in [1.807, 2.05) is 12.1 Å². The lowest BCUT2D eigenvalue weighted by molar-refractivity contribution is 0.0951. The maximum Gasteiger partial charge on any atom is 0.251 e. The van der Waals surface area contributed by atoms with Crippen molar-refractivity contribution in [2.75, 3.05) is 0 Å². The standard InChI is InChI=1S/C14H11Cl2NO/c15-12-6-4-10(5-7-12)9-17-14(18)11-2-1-3-13(16)8-11/h1-8H,9H2,(H,17,18). The van der Waals surface area contributed by atoms with Crippen LogP contribution in [-0.4, -0.2) is 5.91 Å². The Kier molecular flexibility index (Phi) is 4.24. The molecular formula is C14H11Cl2NO. The molecule has 0 aliphatic heterocycles. The molecular weight excluding hydrogens is 269 g/mol. The Bertz CT molecular complexity index is 552. The van der Waals surface area contributed by atoms with Crippen LogP contribution in [0.25, 0.3) is 0 Å². The summed E-state index contributed by atoms with van der Waals surface area (Å²) >= 11 is 11.6. The van der Waals surface area contributed by atoms with Crippen molar-refractivity contribution in [1.82, 2.24) is 5.32 Å². The number of rotatable bonds is 3. The lowest BCUT2D eigenvalue weighted by Gasteiger charge is -2.05. The Morgan fingerprint density at radius 3 is 2.39 bits per heavy atom. The van der Waals surface area contributed by atoms with Crippen LogP contribution in [0.1, 0.15) is 15.9 Å². The minimum absolute atomic E-state index is 0.146. The van der Waals surface area contributed by atoms with Gasteiger partial charge in [0.15, 0.2) is 0 Å². The molecule has 0 heterocycles. The monoisotopic (exact) mass is 279 g/mol. The maximum atomic E-state index is 11.8. The molecule has 2 aromatic rings. The minimum Gasteiger partial charge on any atom is -0.348 e. The average molecular weight is 280 g/mol. The largest absolute Gasteiger partial charge is 0.348 e. The third kappa shape index (κ3) is 3.49. The summed E-state index contributed by atoms with van der Waals surface area (Å²) in [6.07, 6.45) is 0. The second-order valence-electron chi connectivity index (χ2n) is 3.82. The van der Waals surface area contributed by atoms with Crippen LogP contribution >= 0.6 is 23.2 Å². The number of hydrogen-bond donors (Lipinski definition) is 1. The van der Waals surface area contributed by atoms with Crippen molar-refractivity contribution < 1.29 is 4.79 Å². The van der Waals surface area contributed by atoms with Gasteiger partial charge in [0.1, 0.15) is 0 Å². The van der Waals surface area contributed by atoms with Gasteiger partial charge in [-0.2, -0.15) is 0 Å². The van der Waals surface area contributed by atoms with Crippen LogP contribution in [0.4, 0.5) is 0 Å². The molecule has 0 aromatic heterocycles.